The SMILES string of the molecule is CCCC(NCC(=O)Nc1cccc(CC)c1)C(=O)O. The zero-order chi connectivity index (χ0) is 15.0. The van der Waals surface area contributed by atoms with Crippen molar-refractivity contribution in [3.63, 3.8) is 0 Å². The second-order valence-corrected chi connectivity index (χ2v) is 4.66. The molecule has 20 heavy (non-hydrogen) atoms. The topological polar surface area (TPSA) is 78.4 Å². The summed E-state index contributed by atoms with van der Waals surface area (Å²) < 4.78 is 0. The summed E-state index contributed by atoms with van der Waals surface area (Å²) in [6, 6.07) is 6.94. The summed E-state index contributed by atoms with van der Waals surface area (Å²) in [4.78, 5) is 22.7. The van der Waals surface area contributed by atoms with Crippen LogP contribution in [0.2, 0.25) is 0 Å². The minimum atomic E-state index is -0.923. The summed E-state index contributed by atoms with van der Waals surface area (Å²) in [5, 5.41) is 14.5. The molecule has 1 aromatic rings. The Bertz CT molecular complexity index is 460. The Hall–Kier alpha value is -1.88. The number of carboxylic acids is 1. The Morgan fingerprint density at radius 3 is 2.65 bits per heavy atom. The van der Waals surface area contributed by atoms with Crippen molar-refractivity contribution in [2.24, 2.45) is 0 Å². The Morgan fingerprint density at radius 1 is 1.30 bits per heavy atom. The van der Waals surface area contributed by atoms with Crippen LogP contribution in [0, 0.1) is 0 Å². The first-order valence-corrected chi connectivity index (χ1v) is 6.91. The van der Waals surface area contributed by atoms with Gasteiger partial charge in [-0.1, -0.05) is 32.4 Å². The van der Waals surface area contributed by atoms with E-state index in [9.17, 15) is 9.59 Å². The average Bonchev–Trinajstić information content (AvgIpc) is 2.43. The van der Waals surface area contributed by atoms with Crippen LogP contribution in [0.4, 0.5) is 5.69 Å². The summed E-state index contributed by atoms with van der Waals surface area (Å²) in [6.07, 6.45) is 2.16. The van der Waals surface area contributed by atoms with Crippen molar-refractivity contribution in [1.29, 1.82) is 0 Å². The molecule has 1 aromatic carbocycles. The second kappa shape index (κ2) is 8.32. The molecular formula is C15H22N2O3. The highest BCUT2D eigenvalue weighted by atomic mass is 16.4. The van der Waals surface area contributed by atoms with Crippen LogP contribution in [0.3, 0.4) is 0 Å². The fourth-order valence-electron chi connectivity index (χ4n) is 1.89. The largest absolute Gasteiger partial charge is 0.480 e. The maximum absolute atomic E-state index is 11.8. The van der Waals surface area contributed by atoms with Crippen molar-refractivity contribution in [2.75, 3.05) is 11.9 Å². The molecule has 0 aliphatic carbocycles. The van der Waals surface area contributed by atoms with Crippen molar-refractivity contribution in [3.8, 4) is 0 Å². The molecule has 5 heteroatoms. The number of aryl methyl sites for hydroxylation is 1. The Morgan fingerprint density at radius 2 is 2.05 bits per heavy atom. The molecule has 0 aromatic heterocycles. The van der Waals surface area contributed by atoms with Crippen LogP contribution in [0.25, 0.3) is 0 Å². The van der Waals surface area contributed by atoms with Gasteiger partial charge in [0.2, 0.25) is 5.91 Å². The molecule has 1 unspecified atom stereocenters. The van der Waals surface area contributed by atoms with Crippen molar-refractivity contribution < 1.29 is 14.7 Å². The van der Waals surface area contributed by atoms with E-state index in [0.717, 1.165) is 24.1 Å². The molecule has 1 rings (SSSR count). The van der Waals surface area contributed by atoms with E-state index in [1.165, 1.54) is 0 Å². The number of anilines is 1. The maximum Gasteiger partial charge on any atom is 0.320 e. The van der Waals surface area contributed by atoms with E-state index in [2.05, 4.69) is 10.6 Å². The zero-order valence-corrected chi connectivity index (χ0v) is 12.0. The molecular weight excluding hydrogens is 256 g/mol. The Balaban J connectivity index is 2.48. The lowest BCUT2D eigenvalue weighted by Gasteiger charge is -2.13. The number of benzene rings is 1. The van der Waals surface area contributed by atoms with E-state index in [1.54, 1.807) is 0 Å². The number of carbonyl (C=O) groups is 2. The number of aliphatic carboxylic acids is 1. The Kier molecular flexibility index (Phi) is 6.73. The first-order chi connectivity index (χ1) is 9.56. The van der Waals surface area contributed by atoms with E-state index >= 15 is 0 Å². The summed E-state index contributed by atoms with van der Waals surface area (Å²) in [7, 11) is 0. The minimum absolute atomic E-state index is 0.00663. The molecule has 0 spiro atoms. The van der Waals surface area contributed by atoms with Crippen LogP contribution in [0.1, 0.15) is 32.3 Å². The summed E-state index contributed by atoms with van der Waals surface area (Å²) in [6.45, 7) is 3.95. The molecule has 1 atom stereocenters. The number of amides is 1. The third kappa shape index (κ3) is 5.40. The number of carbonyl (C=O) groups excluding carboxylic acids is 1. The number of nitrogens with one attached hydrogen (secondary N) is 2. The highest BCUT2D eigenvalue weighted by molar-refractivity contribution is 5.92. The first-order valence-electron chi connectivity index (χ1n) is 6.91. The molecule has 0 fully saturated rings. The third-order valence-corrected chi connectivity index (χ3v) is 3.00. The van der Waals surface area contributed by atoms with E-state index in [4.69, 9.17) is 5.11 Å². The van der Waals surface area contributed by atoms with E-state index in [1.807, 2.05) is 38.1 Å². The van der Waals surface area contributed by atoms with Gasteiger partial charge in [0.1, 0.15) is 6.04 Å². The molecule has 0 aliphatic rings. The van der Waals surface area contributed by atoms with Gasteiger partial charge >= 0.3 is 5.97 Å². The van der Waals surface area contributed by atoms with E-state index in [-0.39, 0.29) is 12.5 Å². The maximum atomic E-state index is 11.8. The number of hydrogen-bond donors (Lipinski definition) is 3. The van der Waals surface area contributed by atoms with Crippen LogP contribution < -0.4 is 10.6 Å². The van der Waals surface area contributed by atoms with Crippen LogP contribution in [0.15, 0.2) is 24.3 Å². The van der Waals surface area contributed by atoms with E-state index < -0.39 is 12.0 Å². The van der Waals surface area contributed by atoms with Crippen LogP contribution in [-0.2, 0) is 16.0 Å². The van der Waals surface area contributed by atoms with Crippen molar-refractivity contribution in [2.45, 2.75) is 39.2 Å². The smallest absolute Gasteiger partial charge is 0.320 e. The predicted molar refractivity (Wildman–Crippen MR) is 78.8 cm³/mol. The summed E-state index contributed by atoms with van der Waals surface area (Å²) in [5.74, 6) is -1.16. The van der Waals surface area contributed by atoms with Gasteiger partial charge in [0, 0.05) is 5.69 Å². The molecule has 0 saturated heterocycles. The summed E-state index contributed by atoms with van der Waals surface area (Å²) in [5.41, 5.74) is 1.88. The normalized spacial score (nSPS) is 11.9. The minimum Gasteiger partial charge on any atom is -0.480 e. The Labute approximate surface area is 119 Å². The average molecular weight is 278 g/mol. The van der Waals surface area contributed by atoms with Gasteiger partial charge in [0.15, 0.2) is 0 Å². The van der Waals surface area contributed by atoms with Gasteiger partial charge in [0.05, 0.1) is 6.54 Å². The van der Waals surface area contributed by atoms with Gasteiger partial charge in [-0.15, -0.1) is 0 Å². The standard InChI is InChI=1S/C15H22N2O3/c1-3-6-13(15(19)20)16-10-14(18)17-12-8-5-7-11(4-2)9-12/h5,7-9,13,16H,3-4,6,10H2,1-2H3,(H,17,18)(H,19,20). The third-order valence-electron chi connectivity index (χ3n) is 3.00. The lowest BCUT2D eigenvalue weighted by atomic mass is 10.1. The first kappa shape index (κ1) is 16.2. The van der Waals surface area contributed by atoms with Gasteiger partial charge in [-0.05, 0) is 30.5 Å². The predicted octanol–water partition coefficient (Wildman–Crippen LogP) is 2.03. The zero-order valence-electron chi connectivity index (χ0n) is 12.0. The lowest BCUT2D eigenvalue weighted by Crippen LogP contribution is -2.41. The lowest BCUT2D eigenvalue weighted by molar-refractivity contribution is -0.139. The molecule has 5 nitrogen and oxygen atoms in total. The fraction of sp³-hybridized carbons (Fsp3) is 0.467. The van der Waals surface area contributed by atoms with Crippen LogP contribution >= 0.6 is 0 Å². The molecule has 0 saturated carbocycles. The van der Waals surface area contributed by atoms with Gasteiger partial charge in [-0.3, -0.25) is 14.9 Å². The van der Waals surface area contributed by atoms with Crippen molar-refractivity contribution in [1.82, 2.24) is 5.32 Å². The number of hydrogen-bond acceptors (Lipinski definition) is 3. The van der Waals surface area contributed by atoms with E-state index in [0.29, 0.717) is 6.42 Å². The second-order valence-electron chi connectivity index (χ2n) is 4.66. The molecule has 110 valence electrons. The van der Waals surface area contributed by atoms with Crippen molar-refractivity contribution >= 4 is 17.6 Å². The molecule has 0 radical (unpaired) electrons. The van der Waals surface area contributed by atoms with Gasteiger partial charge < -0.3 is 10.4 Å². The molecule has 0 heterocycles. The highest BCUT2D eigenvalue weighted by Gasteiger charge is 2.16. The molecule has 3 N–H and O–H groups in total. The molecule has 0 aliphatic heterocycles. The highest BCUT2D eigenvalue weighted by Crippen LogP contribution is 2.10. The molecule has 1 amide bonds. The number of rotatable bonds is 8. The monoisotopic (exact) mass is 278 g/mol. The van der Waals surface area contributed by atoms with Gasteiger partial charge in [-0.2, -0.15) is 0 Å². The molecule has 0 bridgehead atoms. The number of carboxylic acid groups (broad SMARTS) is 1. The quantitative estimate of drug-likeness (QED) is 0.680. The fourth-order valence-corrected chi connectivity index (χ4v) is 1.89. The summed E-state index contributed by atoms with van der Waals surface area (Å²) >= 11 is 0. The van der Waals surface area contributed by atoms with Gasteiger partial charge in [-0.25, -0.2) is 0 Å². The van der Waals surface area contributed by atoms with Crippen LogP contribution in [0.5, 0.6) is 0 Å². The van der Waals surface area contributed by atoms with Crippen LogP contribution in [-0.4, -0.2) is 29.6 Å². The van der Waals surface area contributed by atoms with Gasteiger partial charge in [0.25, 0.3) is 0 Å². The van der Waals surface area contributed by atoms with Crippen molar-refractivity contribution in [3.05, 3.63) is 29.8 Å².